The number of carboxylic acid groups (broad SMARTS) is 1. The highest BCUT2D eigenvalue weighted by molar-refractivity contribution is 5.73. The van der Waals surface area contributed by atoms with Crippen LogP contribution >= 0.6 is 0 Å². The number of carboxylic acids is 1. The number of aliphatic carboxylic acids is 1. The van der Waals surface area contributed by atoms with Gasteiger partial charge in [0.15, 0.2) is 0 Å². The maximum Gasteiger partial charge on any atom is 0.408 e. The van der Waals surface area contributed by atoms with E-state index in [0.717, 1.165) is 5.56 Å². The van der Waals surface area contributed by atoms with Gasteiger partial charge in [-0.2, -0.15) is 0 Å². The van der Waals surface area contributed by atoms with Crippen molar-refractivity contribution >= 4 is 12.1 Å². The first-order valence-corrected chi connectivity index (χ1v) is 7.36. The lowest BCUT2D eigenvalue weighted by molar-refractivity contribution is -0.138. The largest absolute Gasteiger partial charge is 0.481 e. The number of amides is 1. The number of ether oxygens (including phenoxy) is 1. The molecule has 1 atom stereocenters. The standard InChI is InChI=1S/C18H18FNO4/c1-18(11-16(21)22,14-8-5-9-15(19)10-14)20-17(23)24-12-13-6-3-2-4-7-13/h2-10H,11-12H2,1H3,(H,20,23)(H,21,22). The maximum absolute atomic E-state index is 13.5. The van der Waals surface area contributed by atoms with E-state index in [0.29, 0.717) is 5.56 Å². The molecule has 0 fully saturated rings. The summed E-state index contributed by atoms with van der Waals surface area (Å²) < 4.78 is 18.6. The van der Waals surface area contributed by atoms with Crippen molar-refractivity contribution in [2.24, 2.45) is 0 Å². The van der Waals surface area contributed by atoms with E-state index < -0.39 is 29.8 Å². The van der Waals surface area contributed by atoms with Gasteiger partial charge in [0.25, 0.3) is 0 Å². The van der Waals surface area contributed by atoms with Gasteiger partial charge in [-0.1, -0.05) is 42.5 Å². The quantitative estimate of drug-likeness (QED) is 0.850. The number of alkyl carbamates (subject to hydrolysis) is 1. The lowest BCUT2D eigenvalue weighted by Crippen LogP contribution is -2.45. The Morgan fingerprint density at radius 1 is 1.17 bits per heavy atom. The summed E-state index contributed by atoms with van der Waals surface area (Å²) in [6, 6.07) is 14.5. The molecule has 24 heavy (non-hydrogen) atoms. The number of benzene rings is 2. The highest BCUT2D eigenvalue weighted by Gasteiger charge is 2.32. The molecule has 0 aromatic heterocycles. The van der Waals surface area contributed by atoms with Gasteiger partial charge in [-0.05, 0) is 30.2 Å². The molecule has 126 valence electrons. The van der Waals surface area contributed by atoms with E-state index in [-0.39, 0.29) is 6.61 Å². The molecule has 0 aliphatic carbocycles. The second kappa shape index (κ2) is 7.59. The Bertz CT molecular complexity index is 720. The third-order valence-corrected chi connectivity index (χ3v) is 3.56. The van der Waals surface area contributed by atoms with Crippen LogP contribution < -0.4 is 5.32 Å². The van der Waals surface area contributed by atoms with Crippen LogP contribution in [0.4, 0.5) is 9.18 Å². The van der Waals surface area contributed by atoms with Crippen LogP contribution in [0.5, 0.6) is 0 Å². The van der Waals surface area contributed by atoms with Gasteiger partial charge >= 0.3 is 12.1 Å². The Morgan fingerprint density at radius 3 is 2.50 bits per heavy atom. The third kappa shape index (κ3) is 4.81. The summed E-state index contributed by atoms with van der Waals surface area (Å²) in [6.45, 7) is 1.57. The summed E-state index contributed by atoms with van der Waals surface area (Å²) >= 11 is 0. The summed E-state index contributed by atoms with van der Waals surface area (Å²) in [5.74, 6) is -1.63. The number of carbonyl (C=O) groups excluding carboxylic acids is 1. The van der Waals surface area contributed by atoms with Crippen molar-refractivity contribution in [3.8, 4) is 0 Å². The van der Waals surface area contributed by atoms with Gasteiger partial charge in [-0.3, -0.25) is 4.79 Å². The summed E-state index contributed by atoms with van der Waals surface area (Å²) in [7, 11) is 0. The minimum Gasteiger partial charge on any atom is -0.481 e. The molecule has 2 rings (SSSR count). The highest BCUT2D eigenvalue weighted by atomic mass is 19.1. The van der Waals surface area contributed by atoms with Gasteiger partial charge < -0.3 is 15.2 Å². The number of hydrogen-bond acceptors (Lipinski definition) is 3. The summed E-state index contributed by atoms with van der Waals surface area (Å²) in [5, 5.41) is 11.6. The van der Waals surface area contributed by atoms with Crippen LogP contribution in [-0.2, 0) is 21.7 Å². The minimum absolute atomic E-state index is 0.0545. The molecule has 1 unspecified atom stereocenters. The normalized spacial score (nSPS) is 12.9. The molecule has 0 spiro atoms. The number of carbonyl (C=O) groups is 2. The van der Waals surface area contributed by atoms with E-state index in [2.05, 4.69) is 5.32 Å². The predicted molar refractivity (Wildman–Crippen MR) is 85.8 cm³/mol. The van der Waals surface area contributed by atoms with Crippen LogP contribution in [0.2, 0.25) is 0 Å². The summed E-state index contributed by atoms with van der Waals surface area (Å²) in [6.07, 6.45) is -1.18. The third-order valence-electron chi connectivity index (χ3n) is 3.56. The van der Waals surface area contributed by atoms with Gasteiger partial charge in [0.1, 0.15) is 12.4 Å². The molecule has 5 nitrogen and oxygen atoms in total. The molecule has 2 N–H and O–H groups in total. The molecule has 6 heteroatoms. The Balaban J connectivity index is 2.10. The zero-order valence-corrected chi connectivity index (χ0v) is 13.2. The van der Waals surface area contributed by atoms with Gasteiger partial charge in [0.05, 0.1) is 12.0 Å². The Kier molecular flexibility index (Phi) is 5.52. The van der Waals surface area contributed by atoms with Crippen LogP contribution in [-0.4, -0.2) is 17.2 Å². The smallest absolute Gasteiger partial charge is 0.408 e. The van der Waals surface area contributed by atoms with Crippen LogP contribution in [0.3, 0.4) is 0 Å². The number of nitrogens with one attached hydrogen (secondary N) is 1. The molecule has 1 amide bonds. The van der Waals surface area contributed by atoms with Crippen LogP contribution in [0.1, 0.15) is 24.5 Å². The van der Waals surface area contributed by atoms with Gasteiger partial charge in [0, 0.05) is 0 Å². The average Bonchev–Trinajstić information content (AvgIpc) is 2.53. The van der Waals surface area contributed by atoms with Gasteiger partial charge in [-0.15, -0.1) is 0 Å². The fourth-order valence-electron chi connectivity index (χ4n) is 2.34. The van der Waals surface area contributed by atoms with Crippen molar-refractivity contribution in [3.63, 3.8) is 0 Å². The topological polar surface area (TPSA) is 75.6 Å². The molecule has 0 bridgehead atoms. The number of hydrogen-bond donors (Lipinski definition) is 2. The fraction of sp³-hybridized carbons (Fsp3) is 0.222. The zero-order chi connectivity index (χ0) is 17.6. The Hall–Kier alpha value is -2.89. The fourth-order valence-corrected chi connectivity index (χ4v) is 2.34. The van der Waals surface area contributed by atoms with Crippen molar-refractivity contribution in [1.82, 2.24) is 5.32 Å². The second-order valence-electron chi connectivity index (χ2n) is 5.60. The molecule has 2 aromatic carbocycles. The summed E-state index contributed by atoms with van der Waals surface area (Å²) in [5.41, 5.74) is -0.137. The average molecular weight is 331 g/mol. The van der Waals surface area contributed by atoms with Gasteiger partial charge in [0.2, 0.25) is 0 Å². The second-order valence-corrected chi connectivity index (χ2v) is 5.60. The zero-order valence-electron chi connectivity index (χ0n) is 13.2. The molecule has 0 aliphatic heterocycles. The Labute approximate surface area is 139 Å². The van der Waals surface area contributed by atoms with Crippen LogP contribution in [0, 0.1) is 5.82 Å². The molecule has 0 aliphatic rings. The monoisotopic (exact) mass is 331 g/mol. The number of halogens is 1. The first-order chi connectivity index (χ1) is 11.4. The van der Waals surface area contributed by atoms with Crippen LogP contribution in [0.15, 0.2) is 54.6 Å². The Morgan fingerprint density at radius 2 is 1.88 bits per heavy atom. The van der Waals surface area contributed by atoms with E-state index in [4.69, 9.17) is 9.84 Å². The molecular formula is C18H18FNO4. The van der Waals surface area contributed by atoms with Crippen molar-refractivity contribution in [2.75, 3.05) is 0 Å². The molecule has 0 saturated heterocycles. The van der Waals surface area contributed by atoms with Gasteiger partial charge in [-0.25, -0.2) is 9.18 Å². The molecule has 0 saturated carbocycles. The predicted octanol–water partition coefficient (Wildman–Crippen LogP) is 3.44. The lowest BCUT2D eigenvalue weighted by atomic mass is 9.88. The van der Waals surface area contributed by atoms with E-state index in [1.54, 1.807) is 18.2 Å². The van der Waals surface area contributed by atoms with Crippen LogP contribution in [0.25, 0.3) is 0 Å². The molecular weight excluding hydrogens is 313 g/mol. The van der Waals surface area contributed by atoms with E-state index in [9.17, 15) is 14.0 Å². The van der Waals surface area contributed by atoms with Crippen molar-refractivity contribution in [2.45, 2.75) is 25.5 Å². The molecule has 0 heterocycles. The number of rotatable bonds is 6. The van der Waals surface area contributed by atoms with E-state index in [1.807, 2.05) is 18.2 Å². The van der Waals surface area contributed by atoms with E-state index >= 15 is 0 Å². The molecule has 2 aromatic rings. The first-order valence-electron chi connectivity index (χ1n) is 7.36. The first kappa shape index (κ1) is 17.5. The molecule has 0 radical (unpaired) electrons. The minimum atomic E-state index is -1.29. The highest BCUT2D eigenvalue weighted by Crippen LogP contribution is 2.25. The van der Waals surface area contributed by atoms with Crippen molar-refractivity contribution in [1.29, 1.82) is 0 Å². The maximum atomic E-state index is 13.5. The summed E-state index contributed by atoms with van der Waals surface area (Å²) in [4.78, 5) is 23.2. The van der Waals surface area contributed by atoms with Crippen molar-refractivity contribution < 1.29 is 23.8 Å². The SMILES string of the molecule is CC(CC(=O)O)(NC(=O)OCc1ccccc1)c1cccc(F)c1. The lowest BCUT2D eigenvalue weighted by Gasteiger charge is -2.29. The van der Waals surface area contributed by atoms with E-state index in [1.165, 1.54) is 25.1 Å². The van der Waals surface area contributed by atoms with Crippen molar-refractivity contribution in [3.05, 3.63) is 71.5 Å².